The predicted molar refractivity (Wildman–Crippen MR) is 12.7 cm³/mol. The van der Waals surface area contributed by atoms with Crippen LogP contribution in [0.3, 0.4) is 0 Å². The van der Waals surface area contributed by atoms with E-state index >= 15 is 0 Å². The molecule has 5 heteroatoms. The van der Waals surface area contributed by atoms with Crippen LogP contribution in [0.25, 0.3) is 0 Å². The molecule has 1 nitrogen and oxygen atoms in total. The average molecular weight is 284 g/mol. The summed E-state index contributed by atoms with van der Waals surface area (Å²) in [7, 11) is 0. The molecule has 0 heterocycles. The summed E-state index contributed by atoms with van der Waals surface area (Å²) in [4.78, 5) is 0. The number of halogens is 3. The Morgan fingerprint density at radius 2 is 1.00 bits per heavy atom. The van der Waals surface area contributed by atoms with Crippen molar-refractivity contribution in [1.82, 2.24) is 0 Å². The van der Waals surface area contributed by atoms with E-state index in [1.165, 1.54) is 0 Å². The first-order valence-electron chi connectivity index (χ1n) is 0.507. The Hall–Kier alpha value is 0.633. The molecule has 0 aliphatic carbocycles. The van der Waals surface area contributed by atoms with Gasteiger partial charge in [-0.05, 0) is 0 Å². The molecule has 34 valence electrons. The van der Waals surface area contributed by atoms with E-state index in [0.29, 0.717) is 0 Å². The van der Waals surface area contributed by atoms with Crippen LogP contribution in [-0.4, -0.2) is 29.1 Å². The fourth-order valence-electron chi connectivity index (χ4n) is 0. The first-order chi connectivity index (χ1) is 1.73. The molecule has 0 bridgehead atoms. The second kappa shape index (κ2) is 4.63. The predicted octanol–water partition coefficient (Wildman–Crippen LogP) is 0.0551. The zero-order chi connectivity index (χ0) is 3.58. The summed E-state index contributed by atoms with van der Waals surface area (Å²) in [6, 6.07) is 0. The van der Waals surface area contributed by atoms with Crippen LogP contribution >= 0.6 is 0 Å². The van der Waals surface area contributed by atoms with Crippen LogP contribution in [0.1, 0.15) is 0 Å². The third-order valence-electron chi connectivity index (χ3n) is 0. The van der Waals surface area contributed by atoms with Crippen LogP contribution in [0.5, 0.6) is 0 Å². The summed E-state index contributed by atoms with van der Waals surface area (Å²) >= 11 is -5.09. The molecule has 0 atom stereocenters. The monoisotopic (exact) mass is 284 g/mol. The molecule has 0 aromatic carbocycles. The normalized spacial score (nSPS) is 7.20. The second-order valence-electron chi connectivity index (χ2n) is 0.192. The zero-order valence-electron chi connectivity index (χ0n) is 2.08. The van der Waals surface area contributed by atoms with E-state index in [2.05, 4.69) is 0 Å². The molecule has 0 spiro atoms. The zero-order valence-corrected chi connectivity index (χ0v) is 5.56. The van der Waals surface area contributed by atoms with Crippen LogP contribution in [0.2, 0.25) is 0 Å². The Balaban J connectivity index is 0. The van der Waals surface area contributed by atoms with Crippen LogP contribution in [-0.2, 0) is 0 Å². The van der Waals surface area contributed by atoms with E-state index in [1.807, 2.05) is 0 Å². The van der Waals surface area contributed by atoms with Crippen molar-refractivity contribution in [2.45, 2.75) is 0 Å². The van der Waals surface area contributed by atoms with Gasteiger partial charge in [-0.3, -0.25) is 0 Å². The Bertz CT molecular complexity index is 11.6. The maximum absolute atomic E-state index is 9.87. The molecule has 0 saturated carbocycles. The topological polar surface area (TPSA) is 31.5 Å². The van der Waals surface area contributed by atoms with Gasteiger partial charge in [0.15, 0.2) is 0 Å². The van der Waals surface area contributed by atoms with Gasteiger partial charge >= 0.3 is 31.5 Å². The molecule has 0 rings (SSSR count). The molecule has 0 fully saturated rings. The quantitative estimate of drug-likeness (QED) is 0.563. The number of hydrogen-bond donors (Lipinski definition) is 0. The Labute approximate surface area is 37.4 Å². The first kappa shape index (κ1) is 9.16. The van der Waals surface area contributed by atoms with Crippen LogP contribution in [0.15, 0.2) is 0 Å². The molecule has 0 unspecified atom stereocenters. The summed E-state index contributed by atoms with van der Waals surface area (Å²) in [5.41, 5.74) is 0. The van der Waals surface area contributed by atoms with E-state index in [1.54, 1.807) is 0 Å². The van der Waals surface area contributed by atoms with E-state index in [0.717, 1.165) is 0 Å². The molecule has 0 amide bonds. The first-order valence-corrected chi connectivity index (χ1v) is 4.45. The maximum atomic E-state index is 9.87. The molecular formula is H2BiF3O. The third kappa shape index (κ3) is 80.1. The van der Waals surface area contributed by atoms with Crippen molar-refractivity contribution < 1.29 is 13.4 Å². The fraction of sp³-hybridized carbons (Fsp3) is 0. The minimum atomic E-state index is -5.09. The van der Waals surface area contributed by atoms with Crippen molar-refractivity contribution in [3.63, 3.8) is 0 Å². The molecule has 0 saturated heterocycles. The van der Waals surface area contributed by atoms with Gasteiger partial charge in [-0.25, -0.2) is 0 Å². The Morgan fingerprint density at radius 1 is 1.00 bits per heavy atom. The van der Waals surface area contributed by atoms with Crippen molar-refractivity contribution in [2.24, 2.45) is 0 Å². The summed E-state index contributed by atoms with van der Waals surface area (Å²) < 4.78 is 29.6. The molecule has 0 aliphatic heterocycles. The molecule has 5 heavy (non-hydrogen) atoms. The van der Waals surface area contributed by atoms with Gasteiger partial charge in [0.2, 0.25) is 0 Å². The van der Waals surface area contributed by atoms with Crippen LogP contribution in [0.4, 0.5) is 7.88 Å². The van der Waals surface area contributed by atoms with Crippen molar-refractivity contribution in [3.05, 3.63) is 0 Å². The van der Waals surface area contributed by atoms with E-state index in [4.69, 9.17) is 0 Å². The molecule has 2 N–H and O–H groups in total. The fourth-order valence-corrected chi connectivity index (χ4v) is 0. The van der Waals surface area contributed by atoms with Gasteiger partial charge in [0.1, 0.15) is 0 Å². The molecular weight excluding hydrogens is 282 g/mol. The van der Waals surface area contributed by atoms with Crippen molar-refractivity contribution in [3.8, 4) is 0 Å². The van der Waals surface area contributed by atoms with Gasteiger partial charge < -0.3 is 5.48 Å². The minimum absolute atomic E-state index is 0. The van der Waals surface area contributed by atoms with Crippen LogP contribution in [0, 0.1) is 0 Å². The van der Waals surface area contributed by atoms with Crippen LogP contribution < -0.4 is 0 Å². The Morgan fingerprint density at radius 3 is 1.00 bits per heavy atom. The van der Waals surface area contributed by atoms with Gasteiger partial charge in [0.25, 0.3) is 0 Å². The standard InChI is InChI=1S/Bi.3FH.H2O/h;3*1H;1H2/q+3;;;;/p-3. The van der Waals surface area contributed by atoms with Crippen molar-refractivity contribution >= 4 is 23.6 Å². The SMILES string of the molecule is O.[F][Bi]([F])[F]. The van der Waals surface area contributed by atoms with Gasteiger partial charge in [-0.2, -0.15) is 0 Å². The molecule has 0 aromatic heterocycles. The summed E-state index contributed by atoms with van der Waals surface area (Å²) in [6.45, 7) is 0. The van der Waals surface area contributed by atoms with Gasteiger partial charge in [-0.15, -0.1) is 0 Å². The van der Waals surface area contributed by atoms with Gasteiger partial charge in [0, 0.05) is 0 Å². The van der Waals surface area contributed by atoms with Crippen molar-refractivity contribution in [2.75, 3.05) is 0 Å². The summed E-state index contributed by atoms with van der Waals surface area (Å²) in [5.74, 6) is 0. The third-order valence-corrected chi connectivity index (χ3v) is 0. The number of rotatable bonds is 0. The molecule has 0 aliphatic rings. The van der Waals surface area contributed by atoms with E-state index in [-0.39, 0.29) is 5.48 Å². The summed E-state index contributed by atoms with van der Waals surface area (Å²) in [6.07, 6.45) is 0. The van der Waals surface area contributed by atoms with E-state index < -0.39 is 23.6 Å². The van der Waals surface area contributed by atoms with Gasteiger partial charge in [-0.1, -0.05) is 0 Å². The van der Waals surface area contributed by atoms with E-state index in [9.17, 15) is 7.88 Å². The molecule has 0 radical (unpaired) electrons. The Kier molecular flexibility index (Phi) is 8.49. The summed E-state index contributed by atoms with van der Waals surface area (Å²) in [5, 5.41) is 0. The number of hydrogen-bond acceptors (Lipinski definition) is 0. The average Bonchev–Trinajstić information content (AvgIpc) is 0.811. The van der Waals surface area contributed by atoms with Gasteiger partial charge in [0.05, 0.1) is 0 Å². The molecule has 0 aromatic rings. The van der Waals surface area contributed by atoms with Crippen molar-refractivity contribution in [1.29, 1.82) is 0 Å². The second-order valence-corrected chi connectivity index (χ2v) is 1.68.